The third-order valence-corrected chi connectivity index (χ3v) is 4.03. The van der Waals surface area contributed by atoms with E-state index in [2.05, 4.69) is 20.5 Å². The number of aliphatic hydroxyl groups excluding tert-OH is 1. The van der Waals surface area contributed by atoms with Crippen molar-refractivity contribution < 1.29 is 9.50 Å². The van der Waals surface area contributed by atoms with Crippen molar-refractivity contribution in [2.24, 2.45) is 0 Å². The van der Waals surface area contributed by atoms with Gasteiger partial charge in [0, 0.05) is 17.4 Å². The molecule has 0 spiro atoms. The Morgan fingerprint density at radius 1 is 1.20 bits per heavy atom. The molecule has 0 aliphatic carbocycles. The van der Waals surface area contributed by atoms with E-state index >= 15 is 0 Å². The summed E-state index contributed by atoms with van der Waals surface area (Å²) < 4.78 is 14.8. The lowest BCUT2D eigenvalue weighted by Crippen LogP contribution is -2.19. The van der Waals surface area contributed by atoms with Crippen LogP contribution in [0.1, 0.15) is 5.56 Å². The summed E-state index contributed by atoms with van der Waals surface area (Å²) in [5.74, 6) is -0.304. The van der Waals surface area contributed by atoms with Crippen molar-refractivity contribution in [1.82, 2.24) is 25.2 Å². The molecular formula is C18H16FN5O. The van der Waals surface area contributed by atoms with Crippen molar-refractivity contribution in [3.63, 3.8) is 0 Å². The van der Waals surface area contributed by atoms with Crippen LogP contribution in [0.2, 0.25) is 0 Å². The number of rotatable bonds is 5. The first-order chi connectivity index (χ1) is 12.2. The Bertz CT molecular complexity index is 1010. The number of hydrogen-bond acceptors (Lipinski definition) is 4. The molecule has 0 bridgehead atoms. The fraction of sp³-hybridized carbons (Fsp3) is 0.167. The van der Waals surface area contributed by atoms with Crippen molar-refractivity contribution in [3.05, 3.63) is 66.2 Å². The summed E-state index contributed by atoms with van der Waals surface area (Å²) in [6.07, 6.45) is 3.23. The van der Waals surface area contributed by atoms with Crippen LogP contribution >= 0.6 is 0 Å². The van der Waals surface area contributed by atoms with Crippen molar-refractivity contribution >= 4 is 10.9 Å². The number of benzene rings is 2. The number of nitrogens with zero attached hydrogens (tertiary/aromatic N) is 4. The van der Waals surface area contributed by atoms with E-state index in [4.69, 9.17) is 0 Å². The number of nitrogens with one attached hydrogen (secondary N) is 1. The maximum atomic E-state index is 13.2. The predicted octanol–water partition coefficient (Wildman–Crippen LogP) is 2.56. The summed E-state index contributed by atoms with van der Waals surface area (Å²) in [6, 6.07) is 12.1. The van der Waals surface area contributed by atoms with Gasteiger partial charge in [-0.05, 0) is 23.8 Å². The van der Waals surface area contributed by atoms with Crippen LogP contribution in [-0.2, 0) is 13.0 Å². The van der Waals surface area contributed by atoms with Crippen LogP contribution in [0.15, 0.2) is 54.9 Å². The molecule has 0 aliphatic rings. The average molecular weight is 337 g/mol. The number of halogens is 1. The smallest absolute Gasteiger partial charge is 0.123 e. The predicted molar refractivity (Wildman–Crippen MR) is 91.2 cm³/mol. The maximum Gasteiger partial charge on any atom is 0.123 e. The zero-order valence-electron chi connectivity index (χ0n) is 13.3. The van der Waals surface area contributed by atoms with Gasteiger partial charge >= 0.3 is 0 Å². The largest absolute Gasteiger partial charge is 0.391 e. The Kier molecular flexibility index (Phi) is 3.99. The minimum absolute atomic E-state index is 0.288. The lowest BCUT2D eigenvalue weighted by molar-refractivity contribution is 0.148. The van der Waals surface area contributed by atoms with Crippen LogP contribution in [0.3, 0.4) is 0 Å². The lowest BCUT2D eigenvalue weighted by atomic mass is 10.1. The minimum Gasteiger partial charge on any atom is -0.391 e. The van der Waals surface area contributed by atoms with E-state index in [1.54, 1.807) is 29.2 Å². The Labute approximate surface area is 142 Å². The van der Waals surface area contributed by atoms with E-state index < -0.39 is 6.10 Å². The molecule has 2 N–H and O–H groups in total. The van der Waals surface area contributed by atoms with Crippen LogP contribution in [0.4, 0.5) is 4.39 Å². The highest BCUT2D eigenvalue weighted by atomic mass is 19.1. The van der Waals surface area contributed by atoms with Crippen LogP contribution < -0.4 is 0 Å². The molecule has 1 atom stereocenters. The van der Waals surface area contributed by atoms with Gasteiger partial charge in [0.2, 0.25) is 0 Å². The molecule has 2 heterocycles. The molecule has 7 heteroatoms. The molecule has 0 amide bonds. The van der Waals surface area contributed by atoms with Gasteiger partial charge in [-0.15, -0.1) is 5.10 Å². The zero-order valence-corrected chi connectivity index (χ0v) is 13.3. The van der Waals surface area contributed by atoms with Crippen molar-refractivity contribution in [2.45, 2.75) is 19.1 Å². The highest BCUT2D eigenvalue weighted by molar-refractivity contribution is 5.82. The first-order valence-corrected chi connectivity index (χ1v) is 7.93. The third-order valence-electron chi connectivity index (χ3n) is 4.03. The SMILES string of the molecule is OC(Cc1cccc(F)c1)Cn1cc(-c2ccc3cn[nH]c3c2)nn1. The van der Waals surface area contributed by atoms with Crippen LogP contribution in [-0.4, -0.2) is 36.4 Å². The summed E-state index contributed by atoms with van der Waals surface area (Å²) in [7, 11) is 0. The van der Waals surface area contributed by atoms with Gasteiger partial charge in [0.05, 0.1) is 30.6 Å². The van der Waals surface area contributed by atoms with E-state index in [1.807, 2.05) is 18.2 Å². The Morgan fingerprint density at radius 2 is 2.12 bits per heavy atom. The fourth-order valence-electron chi connectivity index (χ4n) is 2.83. The van der Waals surface area contributed by atoms with Crippen molar-refractivity contribution in [1.29, 1.82) is 0 Å². The van der Waals surface area contributed by atoms with Gasteiger partial charge in [-0.2, -0.15) is 5.10 Å². The highest BCUT2D eigenvalue weighted by Crippen LogP contribution is 2.21. The number of aliphatic hydroxyl groups is 1. The molecule has 1 unspecified atom stereocenters. The van der Waals surface area contributed by atoms with Gasteiger partial charge in [0.15, 0.2) is 0 Å². The molecular weight excluding hydrogens is 321 g/mol. The zero-order chi connectivity index (χ0) is 17.2. The van der Waals surface area contributed by atoms with Crippen molar-refractivity contribution in [3.8, 4) is 11.3 Å². The summed E-state index contributed by atoms with van der Waals surface area (Å²) in [6.45, 7) is 0.288. The number of H-pyrrole nitrogens is 1. The second-order valence-electron chi connectivity index (χ2n) is 5.99. The maximum absolute atomic E-state index is 13.2. The molecule has 4 rings (SSSR count). The van der Waals surface area contributed by atoms with E-state index in [-0.39, 0.29) is 12.4 Å². The van der Waals surface area contributed by atoms with Crippen LogP contribution in [0, 0.1) is 5.82 Å². The Morgan fingerprint density at radius 3 is 3.00 bits per heavy atom. The molecule has 126 valence electrons. The summed E-state index contributed by atoms with van der Waals surface area (Å²) in [4.78, 5) is 0. The summed E-state index contributed by atoms with van der Waals surface area (Å²) >= 11 is 0. The molecule has 6 nitrogen and oxygen atoms in total. The Balaban J connectivity index is 1.47. The molecule has 0 fully saturated rings. The third kappa shape index (κ3) is 3.41. The van der Waals surface area contributed by atoms with Gasteiger partial charge in [0.1, 0.15) is 11.5 Å². The molecule has 4 aromatic rings. The number of aromatic nitrogens is 5. The Hall–Kier alpha value is -3.06. The number of aromatic amines is 1. The van der Waals surface area contributed by atoms with E-state index in [9.17, 15) is 9.50 Å². The highest BCUT2D eigenvalue weighted by Gasteiger charge is 2.11. The first-order valence-electron chi connectivity index (χ1n) is 7.93. The van der Waals surface area contributed by atoms with Crippen molar-refractivity contribution in [2.75, 3.05) is 0 Å². The number of fused-ring (bicyclic) bond motifs is 1. The van der Waals surface area contributed by atoms with Gasteiger partial charge < -0.3 is 5.11 Å². The van der Waals surface area contributed by atoms with Crippen LogP contribution in [0.25, 0.3) is 22.2 Å². The standard InChI is InChI=1S/C18H16FN5O/c19-15-3-1-2-12(6-15)7-16(25)10-24-11-18(22-23-24)13-4-5-14-9-20-21-17(14)8-13/h1-6,8-9,11,16,25H,7,10H2,(H,20,21). The van der Waals surface area contributed by atoms with E-state index in [0.29, 0.717) is 6.42 Å². The topological polar surface area (TPSA) is 79.6 Å². The van der Waals surface area contributed by atoms with Gasteiger partial charge in [-0.3, -0.25) is 5.10 Å². The molecule has 25 heavy (non-hydrogen) atoms. The molecule has 2 aromatic carbocycles. The van der Waals surface area contributed by atoms with E-state index in [1.165, 1.54) is 12.1 Å². The second kappa shape index (κ2) is 6.45. The summed E-state index contributed by atoms with van der Waals surface area (Å²) in [5, 5.41) is 26.4. The lowest BCUT2D eigenvalue weighted by Gasteiger charge is -2.10. The van der Waals surface area contributed by atoms with Gasteiger partial charge in [-0.25, -0.2) is 9.07 Å². The normalized spacial score (nSPS) is 12.6. The summed E-state index contributed by atoms with van der Waals surface area (Å²) in [5.41, 5.74) is 3.31. The van der Waals surface area contributed by atoms with Gasteiger partial charge in [-0.1, -0.05) is 29.5 Å². The molecule has 0 saturated heterocycles. The number of hydrogen-bond donors (Lipinski definition) is 2. The molecule has 0 radical (unpaired) electrons. The van der Waals surface area contributed by atoms with E-state index in [0.717, 1.165) is 27.7 Å². The van der Waals surface area contributed by atoms with Crippen LogP contribution in [0.5, 0.6) is 0 Å². The molecule has 2 aromatic heterocycles. The first kappa shape index (κ1) is 15.5. The fourth-order valence-corrected chi connectivity index (χ4v) is 2.83. The molecule has 0 aliphatic heterocycles. The average Bonchev–Trinajstić information content (AvgIpc) is 3.23. The quantitative estimate of drug-likeness (QED) is 0.586. The minimum atomic E-state index is -0.675. The van der Waals surface area contributed by atoms with Gasteiger partial charge in [0.25, 0.3) is 0 Å². The monoisotopic (exact) mass is 337 g/mol. The molecule has 0 saturated carbocycles. The second-order valence-corrected chi connectivity index (χ2v) is 5.99.